The molecule has 1 aliphatic rings. The minimum absolute atomic E-state index is 0.152. The topological polar surface area (TPSA) is 101 Å². The molecule has 1 aliphatic carbocycles. The van der Waals surface area contributed by atoms with Crippen LogP contribution in [0.15, 0.2) is 29.3 Å². The van der Waals surface area contributed by atoms with E-state index >= 15 is 0 Å². The summed E-state index contributed by atoms with van der Waals surface area (Å²) in [7, 11) is 0. The molecule has 0 atom stereocenters. The van der Waals surface area contributed by atoms with Crippen molar-refractivity contribution in [2.45, 2.75) is 45.1 Å². The molecule has 2 aromatic rings. The predicted molar refractivity (Wildman–Crippen MR) is 91.7 cm³/mol. The highest BCUT2D eigenvalue weighted by molar-refractivity contribution is 5.97. The fourth-order valence-corrected chi connectivity index (χ4v) is 3.26. The number of hydrogen-bond acceptors (Lipinski definition) is 4. The summed E-state index contributed by atoms with van der Waals surface area (Å²) in [6.07, 6.45) is 4.94. The van der Waals surface area contributed by atoms with E-state index in [0.29, 0.717) is 24.4 Å². The fourth-order valence-electron chi connectivity index (χ4n) is 3.26. The number of rotatable bonds is 3. The summed E-state index contributed by atoms with van der Waals surface area (Å²) in [6, 6.07) is 3.49. The summed E-state index contributed by atoms with van der Waals surface area (Å²) >= 11 is 0. The van der Waals surface area contributed by atoms with Gasteiger partial charge in [-0.05, 0) is 56.2 Å². The van der Waals surface area contributed by atoms with Gasteiger partial charge in [-0.25, -0.2) is 9.78 Å². The van der Waals surface area contributed by atoms with Crippen LogP contribution in [0.1, 0.15) is 48.5 Å². The number of aliphatic carboxylic acids is 1. The highest BCUT2D eigenvalue weighted by Gasteiger charge is 2.43. The maximum absolute atomic E-state index is 12.6. The lowest BCUT2D eigenvalue weighted by Crippen LogP contribution is -2.57. The Labute approximate surface area is 144 Å². The molecule has 3 rings (SSSR count). The number of nitrogens with one attached hydrogen (secondary N) is 1. The van der Waals surface area contributed by atoms with Gasteiger partial charge in [-0.2, -0.15) is 0 Å². The van der Waals surface area contributed by atoms with E-state index in [0.717, 1.165) is 18.4 Å². The van der Waals surface area contributed by atoms with Crippen molar-refractivity contribution < 1.29 is 14.7 Å². The lowest BCUT2D eigenvalue weighted by atomic mass is 9.77. The maximum atomic E-state index is 12.6. The molecule has 7 heteroatoms. The van der Waals surface area contributed by atoms with Crippen LogP contribution in [-0.2, 0) is 4.79 Å². The van der Waals surface area contributed by atoms with Gasteiger partial charge in [0, 0.05) is 12.4 Å². The molecule has 0 spiro atoms. The smallest absolute Gasteiger partial charge is 0.329 e. The number of fused-ring (bicyclic) bond motifs is 1. The largest absolute Gasteiger partial charge is 0.480 e. The number of nitrogens with zero attached hydrogens (tertiary/aromatic N) is 2. The van der Waals surface area contributed by atoms with Crippen LogP contribution in [0.4, 0.5) is 0 Å². The van der Waals surface area contributed by atoms with E-state index in [4.69, 9.17) is 0 Å². The number of carboxylic acids is 1. The molecule has 0 radical (unpaired) electrons. The SMILES string of the molecule is Cc1ccn2c(=O)c(C(=O)NC3(C(=O)O)CCC(C)CC3)cnc2c1. The number of aryl methyl sites for hydroxylation is 1. The zero-order chi connectivity index (χ0) is 18.2. The number of carbonyl (C=O) groups is 2. The Balaban J connectivity index is 1.94. The summed E-state index contributed by atoms with van der Waals surface area (Å²) in [5.41, 5.74) is -0.581. The molecule has 1 amide bonds. The Morgan fingerprint density at radius 3 is 2.68 bits per heavy atom. The first-order valence-corrected chi connectivity index (χ1v) is 8.36. The predicted octanol–water partition coefficient (Wildman–Crippen LogP) is 1.77. The molecule has 7 nitrogen and oxygen atoms in total. The van der Waals surface area contributed by atoms with Gasteiger partial charge < -0.3 is 10.4 Å². The van der Waals surface area contributed by atoms with E-state index < -0.39 is 23.0 Å². The summed E-state index contributed by atoms with van der Waals surface area (Å²) < 4.78 is 1.29. The molecule has 132 valence electrons. The van der Waals surface area contributed by atoms with Gasteiger partial charge in [-0.3, -0.25) is 14.0 Å². The van der Waals surface area contributed by atoms with Gasteiger partial charge in [-0.15, -0.1) is 0 Å². The van der Waals surface area contributed by atoms with Crippen molar-refractivity contribution in [3.63, 3.8) is 0 Å². The summed E-state index contributed by atoms with van der Waals surface area (Å²) in [4.78, 5) is 41.1. The van der Waals surface area contributed by atoms with E-state index in [9.17, 15) is 19.5 Å². The third-order valence-corrected chi connectivity index (χ3v) is 5.00. The van der Waals surface area contributed by atoms with Crippen molar-refractivity contribution in [3.05, 3.63) is 46.0 Å². The Kier molecular flexibility index (Phi) is 4.32. The Morgan fingerprint density at radius 2 is 2.04 bits per heavy atom. The highest BCUT2D eigenvalue weighted by Crippen LogP contribution is 2.32. The van der Waals surface area contributed by atoms with Crippen LogP contribution in [0, 0.1) is 12.8 Å². The van der Waals surface area contributed by atoms with E-state index in [1.165, 1.54) is 10.6 Å². The number of aromatic nitrogens is 2. The molecule has 1 saturated carbocycles. The molecule has 2 aromatic heterocycles. The van der Waals surface area contributed by atoms with Crippen LogP contribution < -0.4 is 10.9 Å². The van der Waals surface area contributed by atoms with E-state index in [2.05, 4.69) is 17.2 Å². The van der Waals surface area contributed by atoms with Crippen molar-refractivity contribution in [3.8, 4) is 0 Å². The zero-order valence-electron chi connectivity index (χ0n) is 14.3. The minimum Gasteiger partial charge on any atom is -0.480 e. The highest BCUT2D eigenvalue weighted by atomic mass is 16.4. The van der Waals surface area contributed by atoms with Crippen molar-refractivity contribution in [1.82, 2.24) is 14.7 Å². The van der Waals surface area contributed by atoms with Crippen LogP contribution in [0.5, 0.6) is 0 Å². The second-order valence-corrected chi connectivity index (χ2v) is 6.93. The lowest BCUT2D eigenvalue weighted by molar-refractivity contribution is -0.146. The molecule has 1 fully saturated rings. The first-order chi connectivity index (χ1) is 11.8. The number of amides is 1. The molecule has 0 bridgehead atoms. The molecule has 25 heavy (non-hydrogen) atoms. The van der Waals surface area contributed by atoms with Gasteiger partial charge in [0.1, 0.15) is 16.7 Å². The zero-order valence-corrected chi connectivity index (χ0v) is 14.3. The number of hydrogen-bond donors (Lipinski definition) is 2. The molecule has 2 heterocycles. The summed E-state index contributed by atoms with van der Waals surface area (Å²) in [5, 5.41) is 12.2. The Bertz CT molecular complexity index is 895. The van der Waals surface area contributed by atoms with Gasteiger partial charge >= 0.3 is 5.97 Å². The first-order valence-electron chi connectivity index (χ1n) is 8.36. The number of pyridine rings is 1. The molecule has 0 saturated heterocycles. The normalized spacial score (nSPS) is 23.4. The van der Waals surface area contributed by atoms with E-state index in [1.54, 1.807) is 18.3 Å². The van der Waals surface area contributed by atoms with Crippen LogP contribution in [0.2, 0.25) is 0 Å². The molecule has 0 unspecified atom stereocenters. The van der Waals surface area contributed by atoms with Gasteiger partial charge in [0.15, 0.2) is 0 Å². The summed E-state index contributed by atoms with van der Waals surface area (Å²) in [6.45, 7) is 3.95. The van der Waals surface area contributed by atoms with Gasteiger partial charge in [0.2, 0.25) is 0 Å². The molecule has 2 N–H and O–H groups in total. The summed E-state index contributed by atoms with van der Waals surface area (Å²) in [5.74, 6) is -1.32. The Morgan fingerprint density at radius 1 is 1.36 bits per heavy atom. The van der Waals surface area contributed by atoms with Gasteiger partial charge in [-0.1, -0.05) is 6.92 Å². The van der Waals surface area contributed by atoms with Crippen LogP contribution >= 0.6 is 0 Å². The fraction of sp³-hybridized carbons (Fsp3) is 0.444. The van der Waals surface area contributed by atoms with Crippen molar-refractivity contribution >= 4 is 17.5 Å². The quantitative estimate of drug-likeness (QED) is 0.884. The first kappa shape index (κ1) is 17.1. The minimum atomic E-state index is -1.32. The molecular weight excluding hydrogens is 322 g/mol. The molecule has 0 aromatic carbocycles. The van der Waals surface area contributed by atoms with Crippen molar-refractivity contribution in [2.75, 3.05) is 0 Å². The van der Waals surface area contributed by atoms with E-state index in [1.807, 2.05) is 6.92 Å². The van der Waals surface area contributed by atoms with Crippen molar-refractivity contribution in [2.24, 2.45) is 5.92 Å². The monoisotopic (exact) mass is 343 g/mol. The van der Waals surface area contributed by atoms with E-state index in [-0.39, 0.29) is 5.56 Å². The van der Waals surface area contributed by atoms with Gasteiger partial charge in [0.25, 0.3) is 11.5 Å². The average Bonchev–Trinajstić information content (AvgIpc) is 2.57. The van der Waals surface area contributed by atoms with Crippen LogP contribution in [0.3, 0.4) is 0 Å². The maximum Gasteiger partial charge on any atom is 0.329 e. The Hall–Kier alpha value is -2.70. The van der Waals surface area contributed by atoms with Crippen LogP contribution in [0.25, 0.3) is 5.65 Å². The van der Waals surface area contributed by atoms with Crippen LogP contribution in [-0.4, -0.2) is 31.9 Å². The number of carbonyl (C=O) groups excluding carboxylic acids is 1. The second kappa shape index (κ2) is 6.31. The third-order valence-electron chi connectivity index (χ3n) is 5.00. The average molecular weight is 343 g/mol. The second-order valence-electron chi connectivity index (χ2n) is 6.93. The van der Waals surface area contributed by atoms with Gasteiger partial charge in [0.05, 0.1) is 0 Å². The third kappa shape index (κ3) is 3.14. The number of carboxylic acid groups (broad SMARTS) is 1. The lowest BCUT2D eigenvalue weighted by Gasteiger charge is -2.36. The standard InChI is InChI=1S/C18H21N3O4/c1-11-3-6-18(7-4-11,17(24)25)20-15(22)13-10-19-14-9-12(2)5-8-21(14)16(13)23/h5,8-11H,3-4,6-7H2,1-2H3,(H,20,22)(H,24,25). The van der Waals surface area contributed by atoms with Crippen molar-refractivity contribution in [1.29, 1.82) is 0 Å². The molecule has 0 aliphatic heterocycles. The molecular formula is C18H21N3O4.